The minimum Gasteiger partial charge on any atom is -0.258 e. The van der Waals surface area contributed by atoms with Crippen molar-refractivity contribution in [2.24, 2.45) is 0 Å². The highest BCUT2D eigenvalue weighted by Gasteiger charge is 2.06. The van der Waals surface area contributed by atoms with E-state index in [1.807, 2.05) is 0 Å². The highest BCUT2D eigenvalue weighted by atomic mass is 127. The molecule has 0 saturated carbocycles. The van der Waals surface area contributed by atoms with Crippen LogP contribution < -0.4 is 0 Å². The molecule has 0 fully saturated rings. The van der Waals surface area contributed by atoms with Crippen molar-refractivity contribution >= 4 is 75.3 Å². The van der Waals surface area contributed by atoms with Crippen molar-refractivity contribution in [2.45, 2.75) is 39.2 Å². The molecule has 38 heavy (non-hydrogen) atoms. The number of hydrogen-bond donors (Lipinski definition) is 0. The van der Waals surface area contributed by atoms with Crippen molar-refractivity contribution in [3.63, 3.8) is 0 Å². The average molecular weight is 682 g/mol. The first-order valence-electron chi connectivity index (χ1n) is 11.5. The van der Waals surface area contributed by atoms with E-state index in [9.17, 15) is 10.1 Å². The molecule has 5 aromatic carbocycles. The Kier molecular flexibility index (Phi) is 9.40. The number of benzene rings is 5. The van der Waals surface area contributed by atoms with E-state index >= 15 is 0 Å². The molecular formula is C30H20INO2S4. The van der Waals surface area contributed by atoms with Gasteiger partial charge in [0, 0.05) is 54.9 Å². The van der Waals surface area contributed by atoms with Crippen LogP contribution in [0.3, 0.4) is 0 Å². The lowest BCUT2D eigenvalue weighted by atomic mass is 10.3. The Hall–Kier alpha value is -2.37. The summed E-state index contributed by atoms with van der Waals surface area (Å²) in [6.07, 6.45) is 0. The molecule has 0 bridgehead atoms. The van der Waals surface area contributed by atoms with Crippen LogP contribution in [-0.2, 0) is 0 Å². The zero-order valence-electron chi connectivity index (χ0n) is 19.8. The van der Waals surface area contributed by atoms with Crippen LogP contribution in [-0.4, -0.2) is 4.92 Å². The Bertz CT molecular complexity index is 1510. The number of non-ortho nitro benzene ring substituents is 1. The van der Waals surface area contributed by atoms with Gasteiger partial charge in [-0.2, -0.15) is 0 Å². The van der Waals surface area contributed by atoms with Crippen molar-refractivity contribution in [1.29, 1.82) is 0 Å². The summed E-state index contributed by atoms with van der Waals surface area (Å²) in [6, 6.07) is 41.0. The molecule has 0 aliphatic heterocycles. The molecule has 5 aromatic rings. The fourth-order valence-corrected chi connectivity index (χ4v) is 7.04. The monoisotopic (exact) mass is 681 g/mol. The summed E-state index contributed by atoms with van der Waals surface area (Å²) in [5.41, 5.74) is 0.108. The first kappa shape index (κ1) is 27.2. The third kappa shape index (κ3) is 7.83. The second kappa shape index (κ2) is 13.1. The Morgan fingerprint density at radius 1 is 0.421 bits per heavy atom. The van der Waals surface area contributed by atoms with Gasteiger partial charge in [-0.05, 0) is 132 Å². The summed E-state index contributed by atoms with van der Waals surface area (Å²) in [7, 11) is 0. The molecular weight excluding hydrogens is 662 g/mol. The van der Waals surface area contributed by atoms with E-state index in [1.54, 1.807) is 59.2 Å². The predicted molar refractivity (Wildman–Crippen MR) is 168 cm³/mol. The van der Waals surface area contributed by atoms with Crippen molar-refractivity contribution in [3.8, 4) is 0 Å². The van der Waals surface area contributed by atoms with Gasteiger partial charge in [0.15, 0.2) is 0 Å². The summed E-state index contributed by atoms with van der Waals surface area (Å²) < 4.78 is 1.25. The zero-order valence-corrected chi connectivity index (χ0v) is 25.2. The van der Waals surface area contributed by atoms with E-state index in [1.165, 1.54) is 45.1 Å². The molecule has 3 nitrogen and oxygen atoms in total. The molecule has 0 spiro atoms. The van der Waals surface area contributed by atoms with Crippen LogP contribution in [0.25, 0.3) is 0 Å². The highest BCUT2D eigenvalue weighted by molar-refractivity contribution is 14.1. The lowest BCUT2D eigenvalue weighted by molar-refractivity contribution is -0.384. The van der Waals surface area contributed by atoms with Crippen LogP contribution in [0.2, 0.25) is 0 Å². The third-order valence-corrected chi connectivity index (χ3v) is 10.1. The molecule has 0 amide bonds. The number of halogens is 1. The molecule has 0 aliphatic carbocycles. The smallest absolute Gasteiger partial charge is 0.258 e. The van der Waals surface area contributed by atoms with Gasteiger partial charge in [0.25, 0.3) is 5.69 Å². The normalized spacial score (nSPS) is 10.9. The lowest BCUT2D eigenvalue weighted by Crippen LogP contribution is -1.86. The Labute approximate surface area is 252 Å². The van der Waals surface area contributed by atoms with E-state index in [-0.39, 0.29) is 10.6 Å². The summed E-state index contributed by atoms with van der Waals surface area (Å²) in [6.45, 7) is 0. The molecule has 0 aliphatic rings. The maximum Gasteiger partial charge on any atom is 0.269 e. The van der Waals surface area contributed by atoms with E-state index in [0.717, 1.165) is 9.79 Å². The minimum atomic E-state index is -0.379. The maximum absolute atomic E-state index is 10.8. The van der Waals surface area contributed by atoms with Gasteiger partial charge in [0.05, 0.1) is 4.92 Å². The molecule has 8 heteroatoms. The second-order valence-corrected chi connectivity index (χ2v) is 13.9. The van der Waals surface area contributed by atoms with E-state index in [2.05, 4.69) is 120 Å². The predicted octanol–water partition coefficient (Wildman–Crippen LogP) is 10.8. The highest BCUT2D eigenvalue weighted by Crippen LogP contribution is 2.36. The Balaban J connectivity index is 1.14. The molecule has 0 atom stereocenters. The average Bonchev–Trinajstić information content (AvgIpc) is 2.93. The van der Waals surface area contributed by atoms with Gasteiger partial charge in [0.1, 0.15) is 0 Å². The van der Waals surface area contributed by atoms with Crippen molar-refractivity contribution in [3.05, 3.63) is 135 Å². The van der Waals surface area contributed by atoms with Gasteiger partial charge in [-0.25, -0.2) is 0 Å². The van der Waals surface area contributed by atoms with Crippen LogP contribution in [0.1, 0.15) is 0 Å². The van der Waals surface area contributed by atoms with Crippen molar-refractivity contribution in [2.75, 3.05) is 0 Å². The number of nitro benzene ring substituents is 1. The fourth-order valence-electron chi connectivity index (χ4n) is 3.41. The SMILES string of the molecule is O=[N+]([O-])c1ccc(Sc2ccc(Sc3ccc(Sc4ccc(Sc5ccc(I)cc5)cc4)cc3)cc2)cc1. The summed E-state index contributed by atoms with van der Waals surface area (Å²) in [5, 5.41) is 10.8. The second-order valence-electron chi connectivity index (χ2n) is 8.03. The molecule has 0 N–H and O–H groups in total. The van der Waals surface area contributed by atoms with Gasteiger partial charge in [-0.1, -0.05) is 47.0 Å². The van der Waals surface area contributed by atoms with E-state index in [4.69, 9.17) is 0 Å². The number of nitrogens with zero attached hydrogens (tertiary/aromatic N) is 1. The first-order valence-corrected chi connectivity index (χ1v) is 15.9. The molecule has 0 radical (unpaired) electrons. The van der Waals surface area contributed by atoms with Gasteiger partial charge < -0.3 is 0 Å². The summed E-state index contributed by atoms with van der Waals surface area (Å²) in [5.74, 6) is 0. The van der Waals surface area contributed by atoms with Crippen molar-refractivity contribution < 1.29 is 4.92 Å². The van der Waals surface area contributed by atoms with Crippen LogP contribution in [0.5, 0.6) is 0 Å². The molecule has 0 saturated heterocycles. The van der Waals surface area contributed by atoms with E-state index in [0.29, 0.717) is 0 Å². The molecule has 5 rings (SSSR count). The quantitative estimate of drug-likeness (QED) is 0.0877. The minimum absolute atomic E-state index is 0.108. The largest absolute Gasteiger partial charge is 0.269 e. The topological polar surface area (TPSA) is 43.1 Å². The molecule has 0 aromatic heterocycles. The van der Waals surface area contributed by atoms with Crippen LogP contribution in [0.15, 0.2) is 160 Å². The van der Waals surface area contributed by atoms with Crippen molar-refractivity contribution in [1.82, 2.24) is 0 Å². The van der Waals surface area contributed by atoms with E-state index < -0.39 is 0 Å². The first-order chi connectivity index (χ1) is 18.5. The van der Waals surface area contributed by atoms with Gasteiger partial charge >= 0.3 is 0 Å². The zero-order chi connectivity index (χ0) is 26.3. The molecule has 0 heterocycles. The van der Waals surface area contributed by atoms with Gasteiger partial charge in [0.2, 0.25) is 0 Å². The Morgan fingerprint density at radius 3 is 0.868 bits per heavy atom. The standard InChI is InChI=1S/C30H20INO2S4/c31-21-1-5-23(6-2-21)35-25-9-13-27(14-10-25)37-29-17-19-30(20-18-29)38-28-15-11-26(12-16-28)36-24-7-3-22(4-8-24)32(33)34/h1-20H. The third-order valence-electron chi connectivity index (χ3n) is 5.28. The van der Waals surface area contributed by atoms with Crippen LogP contribution in [0.4, 0.5) is 5.69 Å². The van der Waals surface area contributed by atoms with Crippen LogP contribution >= 0.6 is 69.6 Å². The van der Waals surface area contributed by atoms with Gasteiger partial charge in [-0.15, -0.1) is 0 Å². The van der Waals surface area contributed by atoms with Crippen LogP contribution in [0, 0.1) is 13.7 Å². The number of rotatable bonds is 9. The van der Waals surface area contributed by atoms with Gasteiger partial charge in [-0.3, -0.25) is 10.1 Å². The lowest BCUT2D eigenvalue weighted by Gasteiger charge is -2.07. The number of hydrogen-bond acceptors (Lipinski definition) is 6. The number of nitro groups is 1. The Morgan fingerprint density at radius 2 is 0.632 bits per heavy atom. The maximum atomic E-state index is 10.8. The summed E-state index contributed by atoms with van der Waals surface area (Å²) in [4.78, 5) is 19.8. The molecule has 188 valence electrons. The summed E-state index contributed by atoms with van der Waals surface area (Å²) >= 11 is 9.19. The fraction of sp³-hybridized carbons (Fsp3) is 0. The molecule has 0 unspecified atom stereocenters.